The van der Waals surface area contributed by atoms with Crippen molar-refractivity contribution in [2.75, 3.05) is 18.4 Å². The number of piperidine rings is 1. The highest BCUT2D eigenvalue weighted by Crippen LogP contribution is 2.22. The maximum atomic E-state index is 13.7. The number of aryl methyl sites for hydroxylation is 1. The van der Waals surface area contributed by atoms with Crippen LogP contribution >= 0.6 is 15.9 Å². The van der Waals surface area contributed by atoms with Gasteiger partial charge in [-0.2, -0.15) is 0 Å². The molecule has 104 valence electrons. The summed E-state index contributed by atoms with van der Waals surface area (Å²) >= 11 is 3.42. The van der Waals surface area contributed by atoms with Crippen molar-refractivity contribution in [2.24, 2.45) is 5.92 Å². The minimum absolute atomic E-state index is 0.0332. The molecule has 1 atom stereocenters. The number of halogens is 3. The third kappa shape index (κ3) is 3.14. The van der Waals surface area contributed by atoms with Gasteiger partial charge in [0.2, 0.25) is 0 Å². The highest BCUT2D eigenvalue weighted by atomic mass is 79.9. The first kappa shape index (κ1) is 14.4. The molecule has 0 aliphatic carbocycles. The summed E-state index contributed by atoms with van der Waals surface area (Å²) in [7, 11) is 0. The lowest BCUT2D eigenvalue weighted by Crippen LogP contribution is -2.40. The van der Waals surface area contributed by atoms with Crippen LogP contribution in [0.15, 0.2) is 12.1 Å². The van der Waals surface area contributed by atoms with E-state index in [-0.39, 0.29) is 11.5 Å². The molecule has 1 saturated heterocycles. The van der Waals surface area contributed by atoms with E-state index in [9.17, 15) is 13.6 Å². The predicted molar refractivity (Wildman–Crippen MR) is 73.5 cm³/mol. The lowest BCUT2D eigenvalue weighted by atomic mass is 9.99. The van der Waals surface area contributed by atoms with Crippen LogP contribution in [0.5, 0.6) is 0 Å². The van der Waals surface area contributed by atoms with Gasteiger partial charge in [0, 0.05) is 24.5 Å². The second-order valence-corrected chi connectivity index (χ2v) is 5.64. The van der Waals surface area contributed by atoms with Crippen LogP contribution in [-0.4, -0.2) is 29.2 Å². The van der Waals surface area contributed by atoms with E-state index >= 15 is 0 Å². The van der Waals surface area contributed by atoms with E-state index in [0.717, 1.165) is 24.2 Å². The zero-order chi connectivity index (χ0) is 14.0. The number of alkyl halides is 1. The number of rotatable bonds is 2. The van der Waals surface area contributed by atoms with Gasteiger partial charge in [0.25, 0.3) is 5.91 Å². The van der Waals surface area contributed by atoms with E-state index < -0.39 is 11.6 Å². The number of likely N-dealkylation sites (tertiary alicyclic amines) is 1. The van der Waals surface area contributed by atoms with E-state index in [4.69, 9.17) is 0 Å². The largest absolute Gasteiger partial charge is 0.338 e. The minimum atomic E-state index is -0.783. The zero-order valence-corrected chi connectivity index (χ0v) is 12.3. The summed E-state index contributed by atoms with van der Waals surface area (Å²) in [6, 6.07) is 2.08. The molecule has 1 aromatic rings. The van der Waals surface area contributed by atoms with Crippen molar-refractivity contribution in [1.29, 1.82) is 0 Å². The predicted octanol–water partition coefficient (Wildman–Crippen LogP) is 3.52. The number of amides is 1. The van der Waals surface area contributed by atoms with Crippen LogP contribution < -0.4 is 0 Å². The van der Waals surface area contributed by atoms with Crippen molar-refractivity contribution in [3.8, 4) is 0 Å². The van der Waals surface area contributed by atoms with Crippen LogP contribution in [0.25, 0.3) is 0 Å². The van der Waals surface area contributed by atoms with Crippen molar-refractivity contribution < 1.29 is 13.6 Å². The molecule has 1 unspecified atom stereocenters. The van der Waals surface area contributed by atoms with Crippen LogP contribution in [0.4, 0.5) is 8.78 Å². The van der Waals surface area contributed by atoms with Crippen LogP contribution in [0.3, 0.4) is 0 Å². The molecule has 5 heteroatoms. The van der Waals surface area contributed by atoms with Gasteiger partial charge in [0.1, 0.15) is 11.6 Å². The minimum Gasteiger partial charge on any atom is -0.338 e. The second kappa shape index (κ2) is 5.99. The first-order chi connectivity index (χ1) is 9.02. The Morgan fingerprint density at radius 2 is 2.16 bits per heavy atom. The fourth-order valence-electron chi connectivity index (χ4n) is 2.37. The quantitative estimate of drug-likeness (QED) is 0.759. The molecule has 1 fully saturated rings. The molecule has 0 saturated carbocycles. The highest BCUT2D eigenvalue weighted by molar-refractivity contribution is 9.09. The Morgan fingerprint density at radius 1 is 1.42 bits per heavy atom. The lowest BCUT2D eigenvalue weighted by Gasteiger charge is -2.32. The Hall–Kier alpha value is -0.970. The van der Waals surface area contributed by atoms with Crippen LogP contribution in [0.2, 0.25) is 0 Å². The third-order valence-electron chi connectivity index (χ3n) is 3.50. The second-order valence-electron chi connectivity index (χ2n) is 4.99. The Bertz CT molecular complexity index is 493. The van der Waals surface area contributed by atoms with Crippen LogP contribution in [0, 0.1) is 24.5 Å². The molecular formula is C14H16BrF2NO. The summed E-state index contributed by atoms with van der Waals surface area (Å²) in [5.41, 5.74) is 0.257. The Morgan fingerprint density at radius 3 is 2.84 bits per heavy atom. The van der Waals surface area contributed by atoms with Crippen molar-refractivity contribution in [1.82, 2.24) is 4.90 Å². The van der Waals surface area contributed by atoms with Crippen molar-refractivity contribution in [2.45, 2.75) is 19.8 Å². The van der Waals surface area contributed by atoms with Gasteiger partial charge >= 0.3 is 0 Å². The lowest BCUT2D eigenvalue weighted by molar-refractivity contribution is 0.0681. The monoisotopic (exact) mass is 331 g/mol. The summed E-state index contributed by atoms with van der Waals surface area (Å²) in [5, 5.41) is 0.835. The third-order valence-corrected chi connectivity index (χ3v) is 4.42. The molecule has 1 aromatic carbocycles. The van der Waals surface area contributed by atoms with Gasteiger partial charge in [-0.3, -0.25) is 4.79 Å². The van der Waals surface area contributed by atoms with E-state index in [2.05, 4.69) is 15.9 Å². The first-order valence-corrected chi connectivity index (χ1v) is 7.46. The number of nitrogens with zero attached hydrogens (tertiary/aromatic N) is 1. The Kier molecular flexibility index (Phi) is 4.55. The molecule has 0 aromatic heterocycles. The molecule has 1 heterocycles. The van der Waals surface area contributed by atoms with Crippen LogP contribution in [-0.2, 0) is 0 Å². The van der Waals surface area contributed by atoms with Crippen LogP contribution in [0.1, 0.15) is 28.8 Å². The normalized spacial score (nSPS) is 19.6. The molecule has 2 nitrogen and oxygen atoms in total. The van der Waals surface area contributed by atoms with E-state index in [1.54, 1.807) is 4.90 Å². The van der Waals surface area contributed by atoms with Gasteiger partial charge in [0.05, 0.1) is 5.56 Å². The van der Waals surface area contributed by atoms with Crippen molar-refractivity contribution in [3.05, 3.63) is 34.9 Å². The fraction of sp³-hybridized carbons (Fsp3) is 0.500. The number of carbonyl (C=O) groups is 1. The summed E-state index contributed by atoms with van der Waals surface area (Å²) in [6.07, 6.45) is 1.99. The Labute approximate surface area is 119 Å². The SMILES string of the molecule is Cc1cc(C(=O)N2CCCC(CBr)C2)c(F)cc1F. The van der Waals surface area contributed by atoms with Gasteiger partial charge in [-0.25, -0.2) is 8.78 Å². The maximum absolute atomic E-state index is 13.7. The average Bonchev–Trinajstić information content (AvgIpc) is 2.42. The van der Waals surface area contributed by atoms with Crippen molar-refractivity contribution in [3.63, 3.8) is 0 Å². The Balaban J connectivity index is 2.22. The van der Waals surface area contributed by atoms with Gasteiger partial charge in [-0.15, -0.1) is 0 Å². The van der Waals surface area contributed by atoms with E-state index in [1.165, 1.54) is 13.0 Å². The fourth-order valence-corrected chi connectivity index (χ4v) is 2.90. The molecule has 2 rings (SSSR count). The van der Waals surface area contributed by atoms with Gasteiger partial charge in [-0.05, 0) is 37.3 Å². The molecule has 0 radical (unpaired) electrons. The van der Waals surface area contributed by atoms with E-state index in [1.807, 2.05) is 0 Å². The summed E-state index contributed by atoms with van der Waals surface area (Å²) < 4.78 is 26.9. The summed E-state index contributed by atoms with van der Waals surface area (Å²) in [5.74, 6) is -1.34. The number of carbonyl (C=O) groups excluding carboxylic acids is 1. The van der Waals surface area contributed by atoms with Gasteiger partial charge in [0.15, 0.2) is 0 Å². The molecular weight excluding hydrogens is 316 g/mol. The molecule has 19 heavy (non-hydrogen) atoms. The molecule has 0 spiro atoms. The molecule has 1 amide bonds. The van der Waals surface area contributed by atoms with Gasteiger partial charge < -0.3 is 4.90 Å². The first-order valence-electron chi connectivity index (χ1n) is 6.33. The smallest absolute Gasteiger partial charge is 0.256 e. The number of hydrogen-bond donors (Lipinski definition) is 0. The standard InChI is InChI=1S/C14H16BrF2NO/c1-9-5-11(13(17)6-12(9)16)14(19)18-4-2-3-10(7-15)8-18/h5-6,10H,2-4,7-8H2,1H3. The average molecular weight is 332 g/mol. The zero-order valence-electron chi connectivity index (χ0n) is 10.8. The van der Waals surface area contributed by atoms with Gasteiger partial charge in [-0.1, -0.05) is 15.9 Å². The molecule has 0 bridgehead atoms. The summed E-state index contributed by atoms with van der Waals surface area (Å²) in [4.78, 5) is 14.0. The molecule has 1 aliphatic rings. The maximum Gasteiger partial charge on any atom is 0.256 e. The molecule has 1 aliphatic heterocycles. The van der Waals surface area contributed by atoms with Crippen molar-refractivity contribution >= 4 is 21.8 Å². The highest BCUT2D eigenvalue weighted by Gasteiger charge is 2.26. The topological polar surface area (TPSA) is 20.3 Å². The van der Waals surface area contributed by atoms with E-state index in [0.29, 0.717) is 24.6 Å². The summed E-state index contributed by atoms with van der Waals surface area (Å²) in [6.45, 7) is 2.79. The molecule has 0 N–H and O–H groups in total. The number of benzene rings is 1. The number of hydrogen-bond acceptors (Lipinski definition) is 1.